The predicted molar refractivity (Wildman–Crippen MR) is 78.1 cm³/mol. The van der Waals surface area contributed by atoms with Gasteiger partial charge >= 0.3 is 0 Å². The van der Waals surface area contributed by atoms with Gasteiger partial charge in [-0.1, -0.05) is 24.3 Å². The number of halogens is 1. The van der Waals surface area contributed by atoms with Crippen LogP contribution in [-0.4, -0.2) is 16.9 Å². The molecule has 0 fully saturated rings. The number of amides is 1. The van der Waals surface area contributed by atoms with Crippen molar-refractivity contribution in [3.8, 4) is 0 Å². The van der Waals surface area contributed by atoms with Crippen LogP contribution in [0.3, 0.4) is 0 Å². The number of hydrogen-bond acceptors (Lipinski definition) is 3. The highest BCUT2D eigenvalue weighted by Crippen LogP contribution is 2.25. The largest absolute Gasteiger partial charge is 0.373 e. The summed E-state index contributed by atoms with van der Waals surface area (Å²) in [7, 11) is 0. The summed E-state index contributed by atoms with van der Waals surface area (Å²) >= 11 is 3.28. The number of anilines is 2. The lowest BCUT2D eigenvalue weighted by molar-refractivity contribution is -0.116. The fraction of sp³-hybridized carbons (Fsp3) is 0.143. The molecule has 1 amide bonds. The van der Waals surface area contributed by atoms with E-state index in [1.807, 2.05) is 36.4 Å². The lowest BCUT2D eigenvalue weighted by Gasteiger charge is -2.11. The molecule has 2 N–H and O–H groups in total. The average molecular weight is 318 g/mol. The SMILES string of the molecule is O=C(Nc1cccc(Br)n1)[C@@H]1Cc2ccccc2N1. The topological polar surface area (TPSA) is 54.0 Å². The molecule has 3 rings (SSSR count). The van der Waals surface area contributed by atoms with Crippen molar-refractivity contribution in [3.63, 3.8) is 0 Å². The van der Waals surface area contributed by atoms with Crippen LogP contribution in [0.15, 0.2) is 47.1 Å². The van der Waals surface area contributed by atoms with Crippen LogP contribution in [0.1, 0.15) is 5.56 Å². The van der Waals surface area contributed by atoms with Crippen molar-refractivity contribution in [1.82, 2.24) is 4.98 Å². The predicted octanol–water partition coefficient (Wildman–Crippen LogP) is 2.82. The third-order valence-electron chi connectivity index (χ3n) is 3.05. The van der Waals surface area contributed by atoms with Crippen molar-refractivity contribution in [2.45, 2.75) is 12.5 Å². The minimum atomic E-state index is -0.238. The molecular weight excluding hydrogens is 306 g/mol. The number of fused-ring (bicyclic) bond motifs is 1. The quantitative estimate of drug-likeness (QED) is 0.837. The minimum Gasteiger partial charge on any atom is -0.373 e. The Balaban J connectivity index is 1.70. The van der Waals surface area contributed by atoms with Crippen LogP contribution in [0.25, 0.3) is 0 Å². The highest BCUT2D eigenvalue weighted by atomic mass is 79.9. The van der Waals surface area contributed by atoms with Crippen LogP contribution >= 0.6 is 15.9 Å². The second-order valence-corrected chi connectivity index (χ2v) is 5.21. The summed E-state index contributed by atoms with van der Waals surface area (Å²) in [5.41, 5.74) is 2.20. The second-order valence-electron chi connectivity index (χ2n) is 4.39. The second kappa shape index (κ2) is 5.01. The maximum atomic E-state index is 12.2. The van der Waals surface area contributed by atoms with Gasteiger partial charge in [-0.05, 0) is 39.7 Å². The summed E-state index contributed by atoms with van der Waals surface area (Å²) in [5.74, 6) is 0.485. The lowest BCUT2D eigenvalue weighted by Crippen LogP contribution is -2.33. The van der Waals surface area contributed by atoms with Crippen molar-refractivity contribution in [1.29, 1.82) is 0 Å². The van der Waals surface area contributed by atoms with Crippen molar-refractivity contribution < 1.29 is 4.79 Å². The smallest absolute Gasteiger partial charge is 0.248 e. The number of carbonyl (C=O) groups is 1. The average Bonchev–Trinajstić information content (AvgIpc) is 2.82. The number of aromatic nitrogens is 1. The Labute approximate surface area is 119 Å². The van der Waals surface area contributed by atoms with E-state index in [1.165, 1.54) is 5.56 Å². The Morgan fingerprint density at radius 1 is 1.26 bits per heavy atom. The summed E-state index contributed by atoms with van der Waals surface area (Å²) in [6.07, 6.45) is 0.704. The van der Waals surface area contributed by atoms with Crippen LogP contribution in [0.5, 0.6) is 0 Å². The Morgan fingerprint density at radius 3 is 2.89 bits per heavy atom. The molecule has 1 aliphatic heterocycles. The van der Waals surface area contributed by atoms with E-state index in [9.17, 15) is 4.79 Å². The third-order valence-corrected chi connectivity index (χ3v) is 3.50. The zero-order chi connectivity index (χ0) is 13.2. The molecule has 1 aromatic carbocycles. The van der Waals surface area contributed by atoms with Gasteiger partial charge in [-0.2, -0.15) is 0 Å². The minimum absolute atomic E-state index is 0.0678. The van der Waals surface area contributed by atoms with Crippen molar-refractivity contribution in [2.75, 3.05) is 10.6 Å². The molecule has 1 atom stereocenters. The van der Waals surface area contributed by atoms with Gasteiger partial charge in [-0.25, -0.2) is 4.98 Å². The van der Waals surface area contributed by atoms with Gasteiger partial charge in [0.15, 0.2) is 0 Å². The summed E-state index contributed by atoms with van der Waals surface area (Å²) in [4.78, 5) is 16.4. The standard InChI is InChI=1S/C14H12BrN3O/c15-12-6-3-7-13(17-12)18-14(19)11-8-9-4-1-2-5-10(9)16-11/h1-7,11,16H,8H2,(H,17,18,19)/t11-/m0/s1. The molecule has 96 valence electrons. The molecule has 5 heteroatoms. The summed E-state index contributed by atoms with van der Waals surface area (Å²) < 4.78 is 0.702. The van der Waals surface area contributed by atoms with E-state index in [4.69, 9.17) is 0 Å². The van der Waals surface area contributed by atoms with E-state index < -0.39 is 0 Å². The number of rotatable bonds is 2. The fourth-order valence-electron chi connectivity index (χ4n) is 2.15. The Hall–Kier alpha value is -1.88. The molecule has 2 aromatic rings. The number of nitrogens with zero attached hydrogens (tertiary/aromatic N) is 1. The molecule has 19 heavy (non-hydrogen) atoms. The molecule has 0 aliphatic carbocycles. The van der Waals surface area contributed by atoms with E-state index in [1.54, 1.807) is 6.07 Å². The third kappa shape index (κ3) is 2.61. The van der Waals surface area contributed by atoms with E-state index in [2.05, 4.69) is 31.5 Å². The van der Waals surface area contributed by atoms with Crippen LogP contribution < -0.4 is 10.6 Å². The zero-order valence-electron chi connectivity index (χ0n) is 10.1. The summed E-state index contributed by atoms with van der Waals surface area (Å²) in [6.45, 7) is 0. The Bertz CT molecular complexity index is 605. The maximum absolute atomic E-state index is 12.2. The first-order valence-electron chi connectivity index (χ1n) is 6.00. The van der Waals surface area contributed by atoms with Crippen molar-refractivity contribution >= 4 is 33.3 Å². The Kier molecular flexibility index (Phi) is 3.21. The molecule has 2 heterocycles. The molecule has 1 aromatic heterocycles. The number of pyridine rings is 1. The normalized spacial score (nSPS) is 16.6. The maximum Gasteiger partial charge on any atom is 0.248 e. The molecule has 0 unspecified atom stereocenters. The molecule has 0 bridgehead atoms. The fourth-order valence-corrected chi connectivity index (χ4v) is 2.49. The van der Waals surface area contributed by atoms with E-state index in [0.717, 1.165) is 5.69 Å². The molecule has 0 saturated carbocycles. The monoisotopic (exact) mass is 317 g/mol. The van der Waals surface area contributed by atoms with Crippen LogP contribution in [0.2, 0.25) is 0 Å². The van der Waals surface area contributed by atoms with E-state index >= 15 is 0 Å². The van der Waals surface area contributed by atoms with Crippen LogP contribution in [-0.2, 0) is 11.2 Å². The number of hydrogen-bond donors (Lipinski definition) is 2. The molecule has 0 saturated heterocycles. The van der Waals surface area contributed by atoms with Crippen LogP contribution in [0, 0.1) is 0 Å². The number of carbonyl (C=O) groups excluding carboxylic acids is 1. The molecule has 0 radical (unpaired) electrons. The van der Waals surface area contributed by atoms with Gasteiger partial charge in [-0.3, -0.25) is 4.79 Å². The van der Waals surface area contributed by atoms with E-state index in [0.29, 0.717) is 16.8 Å². The lowest BCUT2D eigenvalue weighted by atomic mass is 10.1. The van der Waals surface area contributed by atoms with Gasteiger partial charge in [0, 0.05) is 12.1 Å². The summed E-state index contributed by atoms with van der Waals surface area (Å²) in [6, 6.07) is 13.2. The first-order chi connectivity index (χ1) is 9.22. The number of nitrogens with one attached hydrogen (secondary N) is 2. The van der Waals surface area contributed by atoms with Crippen LogP contribution in [0.4, 0.5) is 11.5 Å². The number of para-hydroxylation sites is 1. The molecule has 0 spiro atoms. The van der Waals surface area contributed by atoms with Gasteiger partial charge in [0.1, 0.15) is 16.5 Å². The highest BCUT2D eigenvalue weighted by Gasteiger charge is 2.26. The van der Waals surface area contributed by atoms with Crippen molar-refractivity contribution in [2.24, 2.45) is 0 Å². The highest BCUT2D eigenvalue weighted by molar-refractivity contribution is 9.10. The first kappa shape index (κ1) is 12.2. The van der Waals surface area contributed by atoms with Gasteiger partial charge in [-0.15, -0.1) is 0 Å². The number of benzene rings is 1. The molecule has 1 aliphatic rings. The van der Waals surface area contributed by atoms with Gasteiger partial charge in [0.2, 0.25) is 5.91 Å². The van der Waals surface area contributed by atoms with Gasteiger partial charge < -0.3 is 10.6 Å². The molecular formula is C14H12BrN3O. The van der Waals surface area contributed by atoms with Gasteiger partial charge in [0.05, 0.1) is 0 Å². The van der Waals surface area contributed by atoms with Gasteiger partial charge in [0.25, 0.3) is 0 Å². The molecule has 4 nitrogen and oxygen atoms in total. The summed E-state index contributed by atoms with van der Waals surface area (Å²) in [5, 5.41) is 6.03. The van der Waals surface area contributed by atoms with Crippen molar-refractivity contribution in [3.05, 3.63) is 52.6 Å². The van der Waals surface area contributed by atoms with E-state index in [-0.39, 0.29) is 11.9 Å². The Morgan fingerprint density at radius 2 is 2.11 bits per heavy atom. The first-order valence-corrected chi connectivity index (χ1v) is 6.79. The zero-order valence-corrected chi connectivity index (χ0v) is 11.6.